The molecule has 0 aromatic heterocycles. The van der Waals surface area contributed by atoms with E-state index in [1.807, 2.05) is 28.1 Å². The number of rotatable bonds is 2. The fraction of sp³-hybridized carbons (Fsp3) is 1.00. The Morgan fingerprint density at radius 2 is 2.00 bits per heavy atom. The zero-order chi connectivity index (χ0) is 10.9. The van der Waals surface area contributed by atoms with Gasteiger partial charge in [0.2, 0.25) is 0 Å². The molecule has 1 heterocycles. The second-order valence-electron chi connectivity index (χ2n) is 4.89. The number of likely N-dealkylation sites (tertiary alicyclic amines) is 1. The van der Waals surface area contributed by atoms with Crippen LogP contribution in [-0.4, -0.2) is 66.6 Å². The zero-order valence-electron chi connectivity index (χ0n) is 9.56. The average Bonchev–Trinajstić information content (AvgIpc) is 2.02. The molecule has 0 aromatic carbocycles. The van der Waals surface area contributed by atoms with E-state index in [9.17, 15) is 10.2 Å². The fourth-order valence-electron chi connectivity index (χ4n) is 2.54. The molecule has 0 spiro atoms. The summed E-state index contributed by atoms with van der Waals surface area (Å²) in [5, 5.41) is 19.0. The first-order valence-corrected chi connectivity index (χ1v) is 5.09. The lowest BCUT2D eigenvalue weighted by Gasteiger charge is -2.48. The number of piperidine rings is 1. The zero-order valence-corrected chi connectivity index (χ0v) is 9.56. The van der Waals surface area contributed by atoms with Crippen molar-refractivity contribution in [2.45, 2.75) is 25.7 Å². The number of hydrogen-bond donors (Lipinski definition) is 2. The summed E-state index contributed by atoms with van der Waals surface area (Å²) in [6.45, 7) is 3.69. The Balaban J connectivity index is 2.83. The van der Waals surface area contributed by atoms with Crippen molar-refractivity contribution in [2.24, 2.45) is 5.41 Å². The van der Waals surface area contributed by atoms with E-state index in [-0.39, 0.29) is 6.04 Å². The number of nitrogens with zero attached hydrogens (tertiary/aromatic N) is 2. The number of aliphatic hydroxyl groups excluding tert-OH is 1. The molecular weight excluding hydrogens is 180 g/mol. The molecule has 1 aliphatic rings. The van der Waals surface area contributed by atoms with Crippen LogP contribution in [0.3, 0.4) is 0 Å². The Morgan fingerprint density at radius 1 is 1.43 bits per heavy atom. The van der Waals surface area contributed by atoms with Gasteiger partial charge < -0.3 is 20.0 Å². The van der Waals surface area contributed by atoms with Crippen LogP contribution >= 0.6 is 0 Å². The molecule has 0 saturated carbocycles. The third kappa shape index (κ3) is 2.08. The molecule has 4 heteroatoms. The quantitative estimate of drug-likeness (QED) is 0.597. The standard InChI is InChI=1S/C10H22N2O2/c1-10(9(13)14)7-12(4)6-5-8(10)11(2)3/h8-9,13-14H,5-7H2,1-4H3. The second-order valence-corrected chi connectivity index (χ2v) is 4.89. The van der Waals surface area contributed by atoms with Gasteiger partial charge in [-0.3, -0.25) is 0 Å². The molecule has 84 valence electrons. The van der Waals surface area contributed by atoms with Gasteiger partial charge in [0.05, 0.1) is 0 Å². The van der Waals surface area contributed by atoms with Crippen LogP contribution in [-0.2, 0) is 0 Å². The van der Waals surface area contributed by atoms with E-state index in [2.05, 4.69) is 9.80 Å². The van der Waals surface area contributed by atoms with Gasteiger partial charge in [-0.2, -0.15) is 0 Å². The minimum Gasteiger partial charge on any atom is -0.368 e. The van der Waals surface area contributed by atoms with Crippen LogP contribution in [0.1, 0.15) is 13.3 Å². The highest BCUT2D eigenvalue weighted by atomic mass is 16.5. The maximum atomic E-state index is 9.48. The Bertz CT molecular complexity index is 197. The van der Waals surface area contributed by atoms with Gasteiger partial charge in [-0.25, -0.2) is 0 Å². The summed E-state index contributed by atoms with van der Waals surface area (Å²) < 4.78 is 0. The first-order valence-electron chi connectivity index (χ1n) is 5.09. The SMILES string of the molecule is CN1CCC(N(C)C)C(C)(C(O)O)C1. The molecule has 14 heavy (non-hydrogen) atoms. The van der Waals surface area contributed by atoms with Gasteiger partial charge in [-0.15, -0.1) is 0 Å². The van der Waals surface area contributed by atoms with Crippen LogP contribution < -0.4 is 0 Å². The summed E-state index contributed by atoms with van der Waals surface area (Å²) in [6, 6.07) is 0.235. The molecular formula is C10H22N2O2. The lowest BCUT2D eigenvalue weighted by atomic mass is 9.76. The van der Waals surface area contributed by atoms with Crippen LogP contribution in [0.5, 0.6) is 0 Å². The van der Waals surface area contributed by atoms with Crippen molar-refractivity contribution in [1.82, 2.24) is 9.80 Å². The molecule has 1 fully saturated rings. The van der Waals surface area contributed by atoms with Crippen LogP contribution in [0.4, 0.5) is 0 Å². The predicted octanol–water partition coefficient (Wildman–Crippen LogP) is -0.431. The molecule has 0 amide bonds. The van der Waals surface area contributed by atoms with Gasteiger partial charge in [-0.05, 0) is 34.1 Å². The van der Waals surface area contributed by atoms with Crippen molar-refractivity contribution in [2.75, 3.05) is 34.2 Å². The Hall–Kier alpha value is -0.160. The molecule has 0 bridgehead atoms. The Kier molecular flexibility index (Phi) is 3.53. The lowest BCUT2D eigenvalue weighted by molar-refractivity contribution is -0.172. The summed E-state index contributed by atoms with van der Waals surface area (Å²) in [5.74, 6) is 0. The van der Waals surface area contributed by atoms with E-state index in [4.69, 9.17) is 0 Å². The highest BCUT2D eigenvalue weighted by molar-refractivity contribution is 4.95. The van der Waals surface area contributed by atoms with Crippen LogP contribution in [0.2, 0.25) is 0 Å². The minimum atomic E-state index is -1.25. The summed E-state index contributed by atoms with van der Waals surface area (Å²) in [7, 11) is 6.01. The smallest absolute Gasteiger partial charge is 0.159 e. The Labute approximate surface area is 86.1 Å². The van der Waals surface area contributed by atoms with Gasteiger partial charge in [-0.1, -0.05) is 6.92 Å². The molecule has 1 aliphatic heterocycles. The lowest BCUT2D eigenvalue weighted by Crippen LogP contribution is -2.59. The summed E-state index contributed by atoms with van der Waals surface area (Å²) in [6.07, 6.45) is -0.268. The maximum absolute atomic E-state index is 9.48. The number of aliphatic hydroxyl groups is 2. The molecule has 2 unspecified atom stereocenters. The molecule has 1 rings (SSSR count). The van der Waals surface area contributed by atoms with Crippen molar-refractivity contribution in [3.05, 3.63) is 0 Å². The first-order chi connectivity index (χ1) is 6.38. The third-order valence-electron chi connectivity index (χ3n) is 3.37. The highest BCUT2D eigenvalue weighted by Crippen LogP contribution is 2.34. The summed E-state index contributed by atoms with van der Waals surface area (Å²) in [5.41, 5.74) is -0.448. The molecule has 2 N–H and O–H groups in total. The van der Waals surface area contributed by atoms with Crippen molar-refractivity contribution >= 4 is 0 Å². The van der Waals surface area contributed by atoms with Crippen LogP contribution in [0, 0.1) is 5.41 Å². The van der Waals surface area contributed by atoms with Gasteiger partial charge in [0.1, 0.15) is 0 Å². The fourth-order valence-corrected chi connectivity index (χ4v) is 2.54. The summed E-state index contributed by atoms with van der Waals surface area (Å²) in [4.78, 5) is 4.24. The molecule has 0 aliphatic carbocycles. The van der Waals surface area contributed by atoms with E-state index in [1.54, 1.807) is 0 Å². The van der Waals surface area contributed by atoms with Gasteiger partial charge in [0, 0.05) is 18.0 Å². The topological polar surface area (TPSA) is 46.9 Å². The van der Waals surface area contributed by atoms with Crippen LogP contribution in [0.25, 0.3) is 0 Å². The van der Waals surface area contributed by atoms with Gasteiger partial charge in [0.25, 0.3) is 0 Å². The van der Waals surface area contributed by atoms with E-state index in [0.717, 1.165) is 19.5 Å². The van der Waals surface area contributed by atoms with Crippen molar-refractivity contribution in [3.8, 4) is 0 Å². The van der Waals surface area contributed by atoms with Crippen LogP contribution in [0.15, 0.2) is 0 Å². The monoisotopic (exact) mass is 202 g/mol. The average molecular weight is 202 g/mol. The van der Waals surface area contributed by atoms with E-state index in [0.29, 0.717) is 0 Å². The molecule has 4 nitrogen and oxygen atoms in total. The van der Waals surface area contributed by atoms with E-state index >= 15 is 0 Å². The summed E-state index contributed by atoms with van der Waals surface area (Å²) >= 11 is 0. The molecule has 0 aromatic rings. The van der Waals surface area contributed by atoms with Gasteiger partial charge >= 0.3 is 0 Å². The van der Waals surface area contributed by atoms with Crippen molar-refractivity contribution in [1.29, 1.82) is 0 Å². The third-order valence-corrected chi connectivity index (χ3v) is 3.37. The highest BCUT2D eigenvalue weighted by Gasteiger charge is 2.44. The van der Waals surface area contributed by atoms with E-state index < -0.39 is 11.7 Å². The first kappa shape index (κ1) is 11.9. The van der Waals surface area contributed by atoms with E-state index in [1.165, 1.54) is 0 Å². The molecule has 0 radical (unpaired) electrons. The molecule has 1 saturated heterocycles. The van der Waals surface area contributed by atoms with Crippen molar-refractivity contribution in [3.63, 3.8) is 0 Å². The molecule has 2 atom stereocenters. The minimum absolute atomic E-state index is 0.235. The normalized spacial score (nSPS) is 35.6. The Morgan fingerprint density at radius 3 is 2.43 bits per heavy atom. The largest absolute Gasteiger partial charge is 0.368 e. The maximum Gasteiger partial charge on any atom is 0.159 e. The second kappa shape index (κ2) is 4.14. The predicted molar refractivity (Wildman–Crippen MR) is 55.9 cm³/mol. The van der Waals surface area contributed by atoms with Gasteiger partial charge in [0.15, 0.2) is 6.29 Å². The van der Waals surface area contributed by atoms with Crippen molar-refractivity contribution < 1.29 is 10.2 Å². The number of hydrogen-bond acceptors (Lipinski definition) is 4.